The van der Waals surface area contributed by atoms with Crippen molar-refractivity contribution in [3.05, 3.63) is 100 Å². The number of imide groups is 1. The summed E-state index contributed by atoms with van der Waals surface area (Å²) in [7, 11) is 0. The van der Waals surface area contributed by atoms with Gasteiger partial charge in [0.05, 0.1) is 24.3 Å². The van der Waals surface area contributed by atoms with E-state index in [1.165, 1.54) is 4.90 Å². The van der Waals surface area contributed by atoms with Crippen LogP contribution >= 0.6 is 11.8 Å². The van der Waals surface area contributed by atoms with E-state index in [-0.39, 0.29) is 17.7 Å². The van der Waals surface area contributed by atoms with Gasteiger partial charge in [0.15, 0.2) is 0 Å². The van der Waals surface area contributed by atoms with Crippen molar-refractivity contribution in [3.63, 3.8) is 0 Å². The Morgan fingerprint density at radius 2 is 1.75 bits per heavy atom. The van der Waals surface area contributed by atoms with Gasteiger partial charge in [-0.25, -0.2) is 0 Å². The maximum Gasteiger partial charge on any atom is 0.293 e. The molecule has 0 bridgehead atoms. The van der Waals surface area contributed by atoms with Crippen molar-refractivity contribution in [3.8, 4) is 0 Å². The van der Waals surface area contributed by atoms with Crippen LogP contribution in [0.1, 0.15) is 28.3 Å². The zero-order chi connectivity index (χ0) is 22.2. The van der Waals surface area contributed by atoms with Gasteiger partial charge in [0.2, 0.25) is 0 Å². The van der Waals surface area contributed by atoms with Crippen molar-refractivity contribution >= 4 is 39.8 Å². The summed E-state index contributed by atoms with van der Waals surface area (Å²) in [6, 6.07) is 19.9. The Morgan fingerprint density at radius 3 is 2.53 bits per heavy atom. The van der Waals surface area contributed by atoms with Crippen LogP contribution in [-0.2, 0) is 17.9 Å². The van der Waals surface area contributed by atoms with Gasteiger partial charge in [-0.05, 0) is 77.9 Å². The number of rotatable bonds is 5. The van der Waals surface area contributed by atoms with E-state index in [2.05, 4.69) is 4.57 Å². The van der Waals surface area contributed by atoms with Gasteiger partial charge in [0, 0.05) is 11.4 Å². The number of aromatic nitrogens is 1. The molecule has 5 nitrogen and oxygen atoms in total. The highest BCUT2D eigenvalue weighted by molar-refractivity contribution is 8.18. The summed E-state index contributed by atoms with van der Waals surface area (Å²) >= 11 is 0.999. The molecule has 0 saturated carbocycles. The number of benzene rings is 2. The second-order valence-corrected chi connectivity index (χ2v) is 8.93. The Kier molecular flexibility index (Phi) is 5.23. The van der Waals surface area contributed by atoms with Gasteiger partial charge in [-0.1, -0.05) is 36.4 Å². The Balaban J connectivity index is 1.38. The maximum absolute atomic E-state index is 13.0. The molecule has 0 spiro atoms. The molecular formula is C26H22N2O3S. The Hall–Kier alpha value is -3.51. The minimum absolute atomic E-state index is 0.237. The van der Waals surface area contributed by atoms with Crippen LogP contribution in [-0.4, -0.2) is 20.6 Å². The van der Waals surface area contributed by atoms with Crippen LogP contribution in [0.15, 0.2) is 76.2 Å². The van der Waals surface area contributed by atoms with Gasteiger partial charge < -0.3 is 8.98 Å². The van der Waals surface area contributed by atoms with Gasteiger partial charge in [0.25, 0.3) is 11.1 Å². The lowest BCUT2D eigenvalue weighted by Gasteiger charge is -2.13. The topological polar surface area (TPSA) is 55.5 Å². The summed E-state index contributed by atoms with van der Waals surface area (Å²) in [6.45, 7) is 4.94. The molecule has 2 aromatic carbocycles. The normalized spacial score (nSPS) is 15.4. The second kappa shape index (κ2) is 8.20. The average molecular weight is 443 g/mol. The SMILES string of the molecule is Cc1cc(/C=C2\SC(=O)N(Cc3ccc4ccccc4c3)C2=O)c(C)n1Cc1ccco1. The minimum atomic E-state index is -0.246. The van der Waals surface area contributed by atoms with Gasteiger partial charge in [-0.3, -0.25) is 14.5 Å². The van der Waals surface area contributed by atoms with E-state index in [0.717, 1.165) is 50.8 Å². The first-order chi connectivity index (χ1) is 15.5. The fraction of sp³-hybridized carbons (Fsp3) is 0.154. The first-order valence-corrected chi connectivity index (χ1v) is 11.2. The van der Waals surface area contributed by atoms with E-state index >= 15 is 0 Å². The lowest BCUT2D eigenvalue weighted by molar-refractivity contribution is -0.123. The van der Waals surface area contributed by atoms with Crippen LogP contribution in [0.5, 0.6) is 0 Å². The summed E-state index contributed by atoms with van der Waals surface area (Å²) < 4.78 is 7.62. The number of thioether (sulfide) groups is 1. The number of carbonyl (C=O) groups is 2. The zero-order valence-electron chi connectivity index (χ0n) is 17.9. The first kappa shape index (κ1) is 20.4. The third kappa shape index (κ3) is 3.78. The van der Waals surface area contributed by atoms with Crippen molar-refractivity contribution < 1.29 is 14.0 Å². The van der Waals surface area contributed by atoms with E-state index < -0.39 is 0 Å². The molecule has 4 aromatic rings. The lowest BCUT2D eigenvalue weighted by Crippen LogP contribution is -2.27. The Bertz CT molecular complexity index is 1370. The number of hydrogen-bond acceptors (Lipinski definition) is 4. The third-order valence-electron chi connectivity index (χ3n) is 5.82. The number of fused-ring (bicyclic) bond motifs is 1. The molecule has 2 aromatic heterocycles. The van der Waals surface area contributed by atoms with Gasteiger partial charge >= 0.3 is 0 Å². The summed E-state index contributed by atoms with van der Waals surface area (Å²) in [5, 5.41) is 1.99. The molecule has 0 radical (unpaired) electrons. The van der Waals surface area contributed by atoms with Crippen LogP contribution in [0, 0.1) is 13.8 Å². The van der Waals surface area contributed by atoms with Gasteiger partial charge in [0.1, 0.15) is 5.76 Å². The van der Waals surface area contributed by atoms with E-state index in [4.69, 9.17) is 4.42 Å². The second-order valence-electron chi connectivity index (χ2n) is 7.94. The van der Waals surface area contributed by atoms with Gasteiger partial charge in [-0.2, -0.15) is 0 Å². The lowest BCUT2D eigenvalue weighted by atomic mass is 10.1. The van der Waals surface area contributed by atoms with Gasteiger partial charge in [-0.15, -0.1) is 0 Å². The van der Waals surface area contributed by atoms with Crippen molar-refractivity contribution in [1.82, 2.24) is 9.47 Å². The minimum Gasteiger partial charge on any atom is -0.467 e. The molecule has 6 heteroatoms. The molecule has 1 saturated heterocycles. The molecule has 32 heavy (non-hydrogen) atoms. The zero-order valence-corrected chi connectivity index (χ0v) is 18.7. The fourth-order valence-electron chi connectivity index (χ4n) is 4.07. The molecule has 0 atom stereocenters. The van der Waals surface area contributed by atoms with Crippen LogP contribution in [0.2, 0.25) is 0 Å². The maximum atomic E-state index is 13.0. The number of nitrogens with zero attached hydrogens (tertiary/aromatic N) is 2. The number of hydrogen-bond donors (Lipinski definition) is 0. The largest absolute Gasteiger partial charge is 0.467 e. The summed E-state index contributed by atoms with van der Waals surface area (Å²) in [5.41, 5.74) is 3.97. The molecule has 1 aliphatic heterocycles. The number of aryl methyl sites for hydroxylation is 1. The Morgan fingerprint density at radius 1 is 0.938 bits per heavy atom. The van der Waals surface area contributed by atoms with Crippen LogP contribution < -0.4 is 0 Å². The summed E-state index contributed by atoms with van der Waals surface area (Å²) in [4.78, 5) is 27.4. The predicted molar refractivity (Wildman–Crippen MR) is 127 cm³/mol. The number of carbonyl (C=O) groups excluding carboxylic acids is 2. The Labute approximate surface area is 190 Å². The number of furan rings is 1. The monoisotopic (exact) mass is 442 g/mol. The van der Waals surface area contributed by atoms with Crippen molar-refractivity contribution in [2.75, 3.05) is 0 Å². The summed E-state index contributed by atoms with van der Waals surface area (Å²) in [6.07, 6.45) is 3.49. The highest BCUT2D eigenvalue weighted by atomic mass is 32.2. The van der Waals surface area contributed by atoms with E-state index in [1.54, 1.807) is 6.26 Å². The predicted octanol–water partition coefficient (Wildman–Crippen LogP) is 6.14. The highest BCUT2D eigenvalue weighted by Crippen LogP contribution is 2.34. The molecular weight excluding hydrogens is 420 g/mol. The highest BCUT2D eigenvalue weighted by Gasteiger charge is 2.35. The van der Waals surface area contributed by atoms with Crippen molar-refractivity contribution in [1.29, 1.82) is 0 Å². The fourth-order valence-corrected chi connectivity index (χ4v) is 4.90. The molecule has 0 N–H and O–H groups in total. The quantitative estimate of drug-likeness (QED) is 0.349. The molecule has 3 heterocycles. The molecule has 0 unspecified atom stereocenters. The van der Waals surface area contributed by atoms with Crippen LogP contribution in [0.4, 0.5) is 4.79 Å². The van der Waals surface area contributed by atoms with Crippen molar-refractivity contribution in [2.45, 2.75) is 26.9 Å². The average Bonchev–Trinajstić information content (AvgIpc) is 3.46. The van der Waals surface area contributed by atoms with E-state index in [0.29, 0.717) is 11.4 Å². The van der Waals surface area contributed by atoms with E-state index in [9.17, 15) is 9.59 Å². The molecule has 1 aliphatic rings. The van der Waals surface area contributed by atoms with E-state index in [1.807, 2.05) is 80.6 Å². The molecule has 5 rings (SSSR count). The standard InChI is InChI=1S/C26H22N2O3S/c1-17-12-22(18(2)27(17)16-23-8-5-11-31-23)14-24-25(29)28(26(30)32-24)15-19-9-10-20-6-3-4-7-21(20)13-19/h3-14H,15-16H2,1-2H3/b24-14-. The number of amides is 2. The molecule has 2 amide bonds. The first-order valence-electron chi connectivity index (χ1n) is 10.4. The molecule has 1 fully saturated rings. The van der Waals surface area contributed by atoms with Crippen molar-refractivity contribution in [2.24, 2.45) is 0 Å². The summed E-state index contributed by atoms with van der Waals surface area (Å²) in [5.74, 6) is 0.623. The smallest absolute Gasteiger partial charge is 0.293 e. The van der Waals surface area contributed by atoms with Crippen LogP contribution in [0.25, 0.3) is 16.8 Å². The molecule has 0 aliphatic carbocycles. The van der Waals surface area contributed by atoms with Crippen LogP contribution in [0.3, 0.4) is 0 Å². The molecule has 160 valence electrons. The third-order valence-corrected chi connectivity index (χ3v) is 6.73.